The van der Waals surface area contributed by atoms with Crippen LogP contribution in [0.25, 0.3) is 0 Å². The quantitative estimate of drug-likeness (QED) is 0.310. The number of hydrogen-bond acceptors (Lipinski definition) is 13. The smallest absolute Gasteiger partial charge is 0.312 e. The van der Waals surface area contributed by atoms with Crippen molar-refractivity contribution in [2.75, 3.05) is 27.8 Å². The Morgan fingerprint density at radius 2 is 1.69 bits per heavy atom. The Balaban J connectivity index is 1.82. The molecule has 0 aromatic carbocycles. The summed E-state index contributed by atoms with van der Waals surface area (Å²) in [5, 5.41) is 23.1. The van der Waals surface area contributed by atoms with E-state index >= 15 is 0 Å². The van der Waals surface area contributed by atoms with E-state index in [9.17, 15) is 24.6 Å². The molecule has 14 atom stereocenters. The average molecular weight is 763 g/mol. The number of methoxy groups -OCH3 is 2. The van der Waals surface area contributed by atoms with E-state index in [0.717, 1.165) is 13.0 Å². The highest BCUT2D eigenvalue weighted by molar-refractivity contribution is 5.83. The van der Waals surface area contributed by atoms with E-state index in [0.29, 0.717) is 11.5 Å². The molecule has 54 heavy (non-hydrogen) atoms. The Morgan fingerprint density at radius 3 is 2.26 bits per heavy atom. The van der Waals surface area contributed by atoms with Crippen LogP contribution in [0, 0.1) is 29.6 Å². The van der Waals surface area contributed by atoms with Gasteiger partial charge in [-0.15, -0.1) is 0 Å². The van der Waals surface area contributed by atoms with E-state index in [1.807, 2.05) is 20.8 Å². The third-order valence-electron chi connectivity index (χ3n) is 12.2. The van der Waals surface area contributed by atoms with Crippen molar-refractivity contribution < 1.29 is 53.0 Å². The number of nitrogens with zero attached hydrogens (tertiary/aromatic N) is 2. The second-order valence-corrected chi connectivity index (χ2v) is 16.7. The maximum Gasteiger partial charge on any atom is 0.312 e. The van der Waals surface area contributed by atoms with Crippen LogP contribution in [0.3, 0.4) is 0 Å². The van der Waals surface area contributed by atoms with Gasteiger partial charge in [-0.25, -0.2) is 0 Å². The van der Waals surface area contributed by atoms with Gasteiger partial charge in [-0.1, -0.05) is 27.7 Å². The molecule has 306 valence electrons. The van der Waals surface area contributed by atoms with Crippen molar-refractivity contribution in [2.24, 2.45) is 29.6 Å². The van der Waals surface area contributed by atoms with Gasteiger partial charge >= 0.3 is 11.9 Å². The fourth-order valence-electron chi connectivity index (χ4n) is 8.66. The van der Waals surface area contributed by atoms with Gasteiger partial charge in [0, 0.05) is 57.0 Å². The molecule has 3 fully saturated rings. The number of Topliss-reactive ketones (excluding diaryl/α,β-unsaturated/α-hetero) is 1. The molecule has 3 heterocycles. The Kier molecular flexibility index (Phi) is 15.2. The Morgan fingerprint density at radius 1 is 1.04 bits per heavy atom. The molecular weight excluding hydrogens is 696 g/mol. The number of ketones is 1. The van der Waals surface area contributed by atoms with Crippen LogP contribution in [-0.2, 0) is 49.2 Å². The summed E-state index contributed by atoms with van der Waals surface area (Å²) in [6.45, 7) is 14.6. The monoisotopic (exact) mass is 762 g/mol. The number of rotatable bonds is 11. The first-order valence-electron chi connectivity index (χ1n) is 19.7. The lowest BCUT2D eigenvalue weighted by Gasteiger charge is -2.49. The summed E-state index contributed by atoms with van der Waals surface area (Å²) in [5.74, 6) is -4.46. The number of cyclic esters (lactones) is 1. The third kappa shape index (κ3) is 10.3. The van der Waals surface area contributed by atoms with E-state index in [4.69, 9.17) is 28.4 Å². The highest BCUT2D eigenvalue weighted by atomic mass is 16.7. The van der Waals surface area contributed by atoms with Gasteiger partial charge in [0.25, 0.3) is 0 Å². The highest BCUT2D eigenvalue weighted by Gasteiger charge is 2.53. The minimum Gasteiger partial charge on any atom is -0.461 e. The van der Waals surface area contributed by atoms with Crippen LogP contribution in [-0.4, -0.2) is 126 Å². The molecule has 0 radical (unpaired) electrons. The van der Waals surface area contributed by atoms with Crippen molar-refractivity contribution in [2.45, 2.75) is 154 Å². The molecule has 1 aromatic heterocycles. The summed E-state index contributed by atoms with van der Waals surface area (Å²) < 4.78 is 38.2. The number of hydrogen-bond donors (Lipinski definition) is 2. The molecule has 13 heteroatoms. The zero-order valence-corrected chi connectivity index (χ0v) is 34.2. The molecule has 0 amide bonds. The van der Waals surface area contributed by atoms with Gasteiger partial charge in [-0.2, -0.15) is 0 Å². The van der Waals surface area contributed by atoms with E-state index in [2.05, 4.69) is 16.9 Å². The predicted molar refractivity (Wildman–Crippen MR) is 200 cm³/mol. The standard InChI is InChI=1S/C41H66N2O11/c1-12-31-41(8,48)36(46)25(4)33(45)23(2)21-40(7,50-11)37(54-39-35(49-10)30(19-24(3)51-39)43(9)22-29-13-14-29)26(5)34(27(6)38(47)52-31)53-32(44)20-28-15-17-42-18-16-28/h15-18,23-27,29-31,34-37,39,46,48H,12-14,19-22H2,1-11H3/t23-,24+,25-,26+,27-,30-,31-,34+,35+,36-,37-,39?,40-,41-/m1/s1. The van der Waals surface area contributed by atoms with Crippen molar-refractivity contribution in [3.8, 4) is 0 Å². The normalized spacial score (nSPS) is 40.2. The molecule has 2 aliphatic heterocycles. The highest BCUT2D eigenvalue weighted by Crippen LogP contribution is 2.41. The van der Waals surface area contributed by atoms with Crippen LogP contribution in [0.2, 0.25) is 0 Å². The summed E-state index contributed by atoms with van der Waals surface area (Å²) in [5.41, 5.74) is -2.51. The number of aliphatic hydroxyl groups is 2. The van der Waals surface area contributed by atoms with Crippen LogP contribution >= 0.6 is 0 Å². The first-order valence-corrected chi connectivity index (χ1v) is 19.7. The molecule has 4 rings (SSSR count). The largest absolute Gasteiger partial charge is 0.461 e. The molecule has 1 aromatic rings. The van der Waals surface area contributed by atoms with Crippen molar-refractivity contribution in [3.63, 3.8) is 0 Å². The summed E-state index contributed by atoms with van der Waals surface area (Å²) in [7, 11) is 5.27. The summed E-state index contributed by atoms with van der Waals surface area (Å²) in [4.78, 5) is 48.2. The lowest BCUT2D eigenvalue weighted by Crippen LogP contribution is -2.61. The van der Waals surface area contributed by atoms with Crippen molar-refractivity contribution in [3.05, 3.63) is 30.1 Å². The van der Waals surface area contributed by atoms with E-state index in [1.165, 1.54) is 26.9 Å². The van der Waals surface area contributed by atoms with Crippen LogP contribution in [0.15, 0.2) is 24.5 Å². The second kappa shape index (κ2) is 18.6. The topological polar surface area (TPSA) is 163 Å². The first kappa shape index (κ1) is 44.2. The molecule has 2 N–H and O–H groups in total. The minimum absolute atomic E-state index is 0.0172. The van der Waals surface area contributed by atoms with E-state index in [1.54, 1.807) is 59.3 Å². The van der Waals surface area contributed by atoms with Gasteiger partial charge in [0.05, 0.1) is 36.3 Å². The summed E-state index contributed by atoms with van der Waals surface area (Å²) in [6, 6.07) is 3.41. The lowest BCUT2D eigenvalue weighted by atomic mass is 9.74. The van der Waals surface area contributed by atoms with E-state index in [-0.39, 0.29) is 37.2 Å². The van der Waals surface area contributed by atoms with Crippen LogP contribution < -0.4 is 0 Å². The zero-order valence-electron chi connectivity index (χ0n) is 34.2. The first-order chi connectivity index (χ1) is 25.4. The molecule has 1 unspecified atom stereocenters. The number of ether oxygens (including phenoxy) is 6. The molecule has 1 saturated carbocycles. The SMILES string of the molecule is CC[C@H]1OC(=O)[C@H](C)[C@@H](OC(=O)Cc2ccncc2)[C@H](C)[C@@H](OC2O[C@@H](C)C[C@@H](N(C)CC3CC3)[C@@H]2OC)[C@](C)(OC)C[C@@H](C)C(=O)[C@@H](C)[C@@H](O)[C@]1(C)O. The van der Waals surface area contributed by atoms with Crippen LogP contribution in [0.4, 0.5) is 0 Å². The number of carbonyl (C=O) groups is 3. The fourth-order valence-corrected chi connectivity index (χ4v) is 8.66. The van der Waals surface area contributed by atoms with Crippen LogP contribution in [0.1, 0.15) is 93.1 Å². The third-order valence-corrected chi connectivity index (χ3v) is 12.2. The number of pyridine rings is 1. The summed E-state index contributed by atoms with van der Waals surface area (Å²) >= 11 is 0. The van der Waals surface area contributed by atoms with Gasteiger partial charge in [0.15, 0.2) is 6.29 Å². The Labute approximate surface area is 321 Å². The number of aliphatic hydroxyl groups excluding tert-OH is 1. The maximum absolute atomic E-state index is 14.1. The second-order valence-electron chi connectivity index (χ2n) is 16.7. The average Bonchev–Trinajstić information content (AvgIpc) is 3.96. The maximum atomic E-state index is 14.1. The summed E-state index contributed by atoms with van der Waals surface area (Å²) in [6.07, 6.45) is 0.193. The zero-order chi connectivity index (χ0) is 40.1. The van der Waals surface area contributed by atoms with Gasteiger partial charge in [-0.05, 0) is 90.5 Å². The van der Waals surface area contributed by atoms with Gasteiger partial charge in [-0.3, -0.25) is 19.4 Å². The molecular formula is C41H66N2O11. The number of aromatic nitrogens is 1. The Hall–Kier alpha value is -2.52. The molecule has 3 aliphatic rings. The molecule has 2 saturated heterocycles. The molecule has 0 bridgehead atoms. The van der Waals surface area contributed by atoms with Gasteiger partial charge in [0.2, 0.25) is 0 Å². The number of likely N-dealkylation sites (N-methyl/N-ethyl adjacent to an activating group) is 1. The number of carbonyl (C=O) groups excluding carboxylic acids is 3. The predicted octanol–water partition coefficient (Wildman–Crippen LogP) is 4.14. The van der Waals surface area contributed by atoms with Gasteiger partial charge in [0.1, 0.15) is 29.7 Å². The van der Waals surface area contributed by atoms with Crippen molar-refractivity contribution in [1.82, 2.24) is 9.88 Å². The molecule has 1 aliphatic carbocycles. The Bertz CT molecular complexity index is 1390. The molecule has 13 nitrogen and oxygen atoms in total. The minimum atomic E-state index is -1.97. The fraction of sp³-hybridized carbons (Fsp3) is 0.805. The molecule has 0 spiro atoms. The van der Waals surface area contributed by atoms with Crippen molar-refractivity contribution >= 4 is 17.7 Å². The van der Waals surface area contributed by atoms with Gasteiger partial charge < -0.3 is 43.5 Å². The lowest BCUT2D eigenvalue weighted by molar-refractivity contribution is -0.306. The van der Waals surface area contributed by atoms with E-state index < -0.39 is 83.6 Å². The van der Waals surface area contributed by atoms with Crippen LogP contribution in [0.5, 0.6) is 0 Å². The number of esters is 2. The van der Waals surface area contributed by atoms with Crippen molar-refractivity contribution in [1.29, 1.82) is 0 Å².